The first-order valence-corrected chi connectivity index (χ1v) is 4.90. The maximum absolute atomic E-state index is 10.4. The third-order valence-electron chi connectivity index (χ3n) is 2.36. The van der Waals surface area contributed by atoms with Crippen LogP contribution in [0.2, 0.25) is 0 Å². The van der Waals surface area contributed by atoms with Crippen LogP contribution in [0.25, 0.3) is 11.1 Å². The van der Waals surface area contributed by atoms with E-state index in [4.69, 9.17) is 0 Å². The maximum Gasteiger partial charge on any atom is 2.00 e. The molecule has 0 aliphatic carbocycles. The molecule has 0 radical (unpaired) electrons. The molecule has 0 bridgehead atoms. The van der Waals surface area contributed by atoms with Gasteiger partial charge in [0.2, 0.25) is 0 Å². The SMILES string of the molecule is O=[C-]Cc1ccccc1-c1ccccc1.[CH3-].[W+2]. The van der Waals surface area contributed by atoms with Crippen molar-refractivity contribution in [3.05, 3.63) is 67.6 Å². The Kier molecular flexibility index (Phi) is 7.41. The van der Waals surface area contributed by atoms with Crippen molar-refractivity contribution >= 4 is 6.29 Å². The van der Waals surface area contributed by atoms with Gasteiger partial charge < -0.3 is 12.2 Å². The summed E-state index contributed by atoms with van der Waals surface area (Å²) in [7, 11) is 0. The summed E-state index contributed by atoms with van der Waals surface area (Å²) < 4.78 is 0. The van der Waals surface area contributed by atoms with E-state index in [1.807, 2.05) is 60.9 Å². The van der Waals surface area contributed by atoms with Crippen molar-refractivity contribution in [3.8, 4) is 11.1 Å². The van der Waals surface area contributed by atoms with Crippen LogP contribution in [-0.2, 0) is 32.3 Å². The fourth-order valence-corrected chi connectivity index (χ4v) is 1.65. The Morgan fingerprint density at radius 1 is 0.882 bits per heavy atom. The molecule has 0 spiro atoms. The van der Waals surface area contributed by atoms with E-state index in [2.05, 4.69) is 0 Å². The van der Waals surface area contributed by atoms with Gasteiger partial charge in [0, 0.05) is 0 Å². The Labute approximate surface area is 117 Å². The molecule has 0 N–H and O–H groups in total. The van der Waals surface area contributed by atoms with Crippen LogP contribution in [0.3, 0.4) is 0 Å². The summed E-state index contributed by atoms with van der Waals surface area (Å²) in [6, 6.07) is 18.0. The van der Waals surface area contributed by atoms with E-state index in [1.54, 1.807) is 0 Å². The molecule has 2 aromatic carbocycles. The standard InChI is InChI=1S/C14H11O.CH3.W/c15-11-10-13-8-4-5-9-14(13)12-6-2-1-3-7-12;;/h1-9H,10H2;1H3;/q2*-1;+2. The second kappa shape index (κ2) is 7.97. The molecule has 0 aliphatic heterocycles. The normalized spacial score (nSPS) is 8.71. The van der Waals surface area contributed by atoms with Crippen LogP contribution in [0.1, 0.15) is 5.56 Å². The number of carbonyl (C=O) groups excluding carboxylic acids is 1. The molecule has 1 nitrogen and oxygen atoms in total. The topological polar surface area (TPSA) is 17.1 Å². The van der Waals surface area contributed by atoms with Gasteiger partial charge >= 0.3 is 21.1 Å². The van der Waals surface area contributed by atoms with Crippen molar-refractivity contribution in [1.82, 2.24) is 0 Å². The minimum Gasteiger partial charge on any atom is -0.541 e. The number of hydrogen-bond donors (Lipinski definition) is 0. The summed E-state index contributed by atoms with van der Waals surface area (Å²) in [5.74, 6) is 0. The summed E-state index contributed by atoms with van der Waals surface area (Å²) in [5, 5.41) is 0. The summed E-state index contributed by atoms with van der Waals surface area (Å²) in [5.41, 5.74) is 3.28. The first-order chi connectivity index (χ1) is 7.42. The molecule has 2 heteroatoms. The summed E-state index contributed by atoms with van der Waals surface area (Å²) in [4.78, 5) is 10.4. The Bertz CT molecular complexity index is 451. The van der Waals surface area contributed by atoms with Gasteiger partial charge in [0.25, 0.3) is 0 Å². The fraction of sp³-hybridized carbons (Fsp3) is 0.0667. The van der Waals surface area contributed by atoms with Gasteiger partial charge in [0.1, 0.15) is 0 Å². The van der Waals surface area contributed by atoms with E-state index in [1.165, 1.54) is 0 Å². The summed E-state index contributed by atoms with van der Waals surface area (Å²) in [6.07, 6.45) is 2.30. The molecule has 0 saturated heterocycles. The average Bonchev–Trinajstić information content (AvgIpc) is 2.31. The van der Waals surface area contributed by atoms with E-state index in [-0.39, 0.29) is 28.5 Å². The summed E-state index contributed by atoms with van der Waals surface area (Å²) >= 11 is 0. The van der Waals surface area contributed by atoms with Gasteiger partial charge in [0.05, 0.1) is 0 Å². The molecule has 0 amide bonds. The van der Waals surface area contributed by atoms with E-state index < -0.39 is 0 Å². The second-order valence-electron chi connectivity index (χ2n) is 3.34. The minimum absolute atomic E-state index is 0. The van der Waals surface area contributed by atoms with Crippen molar-refractivity contribution < 1.29 is 25.9 Å². The van der Waals surface area contributed by atoms with Crippen molar-refractivity contribution in [2.75, 3.05) is 0 Å². The molecule has 2 rings (SSSR count). The van der Waals surface area contributed by atoms with Crippen LogP contribution in [-0.4, -0.2) is 6.29 Å². The van der Waals surface area contributed by atoms with E-state index in [0.29, 0.717) is 6.42 Å². The summed E-state index contributed by atoms with van der Waals surface area (Å²) in [6.45, 7) is 0. The smallest absolute Gasteiger partial charge is 0.541 e. The molecule has 0 unspecified atom stereocenters. The molecule has 0 aromatic heterocycles. The zero-order valence-corrected chi connectivity index (χ0v) is 12.7. The van der Waals surface area contributed by atoms with Crippen LogP contribution in [0.5, 0.6) is 0 Å². The van der Waals surface area contributed by atoms with Crippen molar-refractivity contribution in [2.24, 2.45) is 0 Å². The Balaban J connectivity index is 0.00000128. The average molecular weight is 394 g/mol. The molecule has 2 aromatic rings. The fourth-order valence-electron chi connectivity index (χ4n) is 1.65. The zero-order chi connectivity index (χ0) is 10.5. The van der Waals surface area contributed by atoms with Crippen LogP contribution in [0.15, 0.2) is 54.6 Å². The third-order valence-corrected chi connectivity index (χ3v) is 2.36. The quantitative estimate of drug-likeness (QED) is 0.730. The van der Waals surface area contributed by atoms with Gasteiger partial charge in [0.15, 0.2) is 0 Å². The van der Waals surface area contributed by atoms with Crippen molar-refractivity contribution in [3.63, 3.8) is 0 Å². The molecule has 0 heterocycles. The molecule has 0 fully saturated rings. The Morgan fingerprint density at radius 3 is 2.12 bits per heavy atom. The molecule has 0 atom stereocenters. The van der Waals surface area contributed by atoms with Crippen LogP contribution < -0.4 is 0 Å². The van der Waals surface area contributed by atoms with E-state index in [0.717, 1.165) is 16.7 Å². The van der Waals surface area contributed by atoms with Gasteiger partial charge in [-0.05, 0) is 11.1 Å². The van der Waals surface area contributed by atoms with Crippen LogP contribution in [0, 0.1) is 7.43 Å². The first kappa shape index (κ1) is 15.8. The Morgan fingerprint density at radius 2 is 1.47 bits per heavy atom. The number of rotatable bonds is 3. The third kappa shape index (κ3) is 3.94. The largest absolute Gasteiger partial charge is 2.00 e. The van der Waals surface area contributed by atoms with E-state index >= 15 is 0 Å². The van der Waals surface area contributed by atoms with Gasteiger partial charge in [-0.15, -0.1) is 6.42 Å². The maximum atomic E-state index is 10.4. The second-order valence-corrected chi connectivity index (χ2v) is 3.34. The van der Waals surface area contributed by atoms with Crippen molar-refractivity contribution in [1.29, 1.82) is 0 Å². The van der Waals surface area contributed by atoms with Crippen LogP contribution >= 0.6 is 0 Å². The number of benzene rings is 2. The monoisotopic (exact) mass is 394 g/mol. The van der Waals surface area contributed by atoms with Gasteiger partial charge in [-0.25, -0.2) is 0 Å². The van der Waals surface area contributed by atoms with Crippen LogP contribution in [0.4, 0.5) is 0 Å². The zero-order valence-electron chi connectivity index (χ0n) is 9.72. The molecule has 17 heavy (non-hydrogen) atoms. The molecular formula is C15H14OW. The molecule has 86 valence electrons. The predicted octanol–water partition coefficient (Wildman–Crippen LogP) is 3.45. The van der Waals surface area contributed by atoms with Gasteiger partial charge in [-0.3, -0.25) is 6.29 Å². The molecular weight excluding hydrogens is 380 g/mol. The van der Waals surface area contributed by atoms with E-state index in [9.17, 15) is 4.79 Å². The molecule has 0 saturated carbocycles. The van der Waals surface area contributed by atoms with Gasteiger partial charge in [-0.1, -0.05) is 60.2 Å². The van der Waals surface area contributed by atoms with Crippen molar-refractivity contribution in [2.45, 2.75) is 6.42 Å². The predicted molar refractivity (Wildman–Crippen MR) is 67.7 cm³/mol. The minimum atomic E-state index is 0. The molecule has 0 aliphatic rings. The number of hydrogen-bond acceptors (Lipinski definition) is 1. The first-order valence-electron chi connectivity index (χ1n) is 4.90. The Hall–Kier alpha value is -1.20. The van der Waals surface area contributed by atoms with Gasteiger partial charge in [-0.2, -0.15) is 0 Å².